The van der Waals surface area contributed by atoms with E-state index in [2.05, 4.69) is 89.2 Å². The number of hydrogen-bond donors (Lipinski definition) is 0. The van der Waals surface area contributed by atoms with E-state index in [0.29, 0.717) is 23.4 Å². The highest BCUT2D eigenvalue weighted by Gasteiger charge is 2.60. The van der Waals surface area contributed by atoms with Crippen molar-refractivity contribution in [3.63, 3.8) is 0 Å². The van der Waals surface area contributed by atoms with Crippen LogP contribution in [0.15, 0.2) is 54.6 Å². The fraction of sp³-hybridized carbons (Fsp3) is 0.653. The highest BCUT2D eigenvalue weighted by molar-refractivity contribution is 6.23. The molecule has 51 heavy (non-hydrogen) atoms. The number of rotatable bonds is 12. The number of unbranched alkanes of at least 4 members (excludes halogenated alkanes) is 1. The van der Waals surface area contributed by atoms with E-state index in [4.69, 9.17) is 4.74 Å². The highest BCUT2D eigenvalue weighted by atomic mass is 16.5. The van der Waals surface area contributed by atoms with Gasteiger partial charge in [-0.3, -0.25) is 4.79 Å². The lowest BCUT2D eigenvalue weighted by Crippen LogP contribution is -2.53. The monoisotopic (exact) mass is 687 g/mol. The lowest BCUT2D eigenvalue weighted by Gasteiger charge is -2.61. The van der Waals surface area contributed by atoms with E-state index in [0.717, 1.165) is 66.8 Å². The molecule has 4 aliphatic rings. The van der Waals surface area contributed by atoms with Crippen molar-refractivity contribution in [2.45, 2.75) is 143 Å². The van der Waals surface area contributed by atoms with Gasteiger partial charge in [0.15, 0.2) is 0 Å². The number of fused-ring (bicyclic) bond motifs is 5. The van der Waals surface area contributed by atoms with Gasteiger partial charge in [-0.25, -0.2) is 0 Å². The molecule has 0 bridgehead atoms. The molecule has 4 aliphatic carbocycles. The van der Waals surface area contributed by atoms with Crippen molar-refractivity contribution in [1.82, 2.24) is 0 Å². The SMILES string of the molecule is CCCCC(C(=O)OCC(C)CCC[C@@H](C)[C@H]1CC[C@H]2[C@@H]3CCC4CCCC[C@]4(C)[C@H]3CC[C@]12C)c1ccc2ccc3cccc4ccc1c2c34. The average molecular weight is 687 g/mol. The van der Waals surface area contributed by atoms with Crippen LogP contribution in [0.4, 0.5) is 0 Å². The smallest absolute Gasteiger partial charge is 0.313 e. The minimum Gasteiger partial charge on any atom is -0.465 e. The molecule has 0 heterocycles. The Hall–Kier alpha value is -2.61. The van der Waals surface area contributed by atoms with Crippen molar-refractivity contribution in [3.8, 4) is 0 Å². The summed E-state index contributed by atoms with van der Waals surface area (Å²) in [6.07, 6.45) is 21.6. The molecule has 3 unspecified atom stereocenters. The van der Waals surface area contributed by atoms with Gasteiger partial charge in [0.1, 0.15) is 0 Å². The third kappa shape index (κ3) is 6.21. The van der Waals surface area contributed by atoms with E-state index < -0.39 is 0 Å². The molecule has 8 rings (SSSR count). The first-order valence-corrected chi connectivity index (χ1v) is 21.6. The van der Waals surface area contributed by atoms with E-state index in [1.165, 1.54) is 109 Å². The van der Waals surface area contributed by atoms with Crippen LogP contribution < -0.4 is 0 Å². The summed E-state index contributed by atoms with van der Waals surface area (Å²) in [4.78, 5) is 13.9. The first-order valence-electron chi connectivity index (χ1n) is 21.6. The second-order valence-electron chi connectivity index (χ2n) is 19.0. The predicted molar refractivity (Wildman–Crippen MR) is 215 cm³/mol. The van der Waals surface area contributed by atoms with Crippen LogP contribution in [0.1, 0.15) is 149 Å². The Kier molecular flexibility index (Phi) is 9.95. The van der Waals surface area contributed by atoms with Crippen LogP contribution in [0.25, 0.3) is 32.3 Å². The summed E-state index contributed by atoms with van der Waals surface area (Å²) in [5.41, 5.74) is 2.33. The number of carbonyl (C=O) groups excluding carboxylic acids is 1. The van der Waals surface area contributed by atoms with Crippen molar-refractivity contribution in [2.24, 2.45) is 52.3 Å². The number of esters is 1. The summed E-state index contributed by atoms with van der Waals surface area (Å²) in [6, 6.07) is 19.9. The van der Waals surface area contributed by atoms with Gasteiger partial charge < -0.3 is 4.74 Å². The van der Waals surface area contributed by atoms with Crippen molar-refractivity contribution in [2.75, 3.05) is 6.61 Å². The Bertz CT molecular complexity index is 1810. The van der Waals surface area contributed by atoms with Crippen molar-refractivity contribution in [3.05, 3.63) is 60.2 Å². The van der Waals surface area contributed by atoms with Crippen LogP contribution in [-0.2, 0) is 9.53 Å². The van der Waals surface area contributed by atoms with E-state index in [-0.39, 0.29) is 11.9 Å². The fourth-order valence-corrected chi connectivity index (χ4v) is 13.5. The average Bonchev–Trinajstić information content (AvgIpc) is 3.50. The molecule has 4 saturated carbocycles. The Balaban J connectivity index is 0.874. The molecule has 0 saturated heterocycles. The topological polar surface area (TPSA) is 26.3 Å². The van der Waals surface area contributed by atoms with Crippen LogP contribution in [-0.4, -0.2) is 12.6 Å². The highest BCUT2D eigenvalue weighted by Crippen LogP contribution is 2.68. The summed E-state index contributed by atoms with van der Waals surface area (Å²) in [7, 11) is 0. The predicted octanol–water partition coefficient (Wildman–Crippen LogP) is 13.9. The maximum atomic E-state index is 13.9. The van der Waals surface area contributed by atoms with Crippen LogP contribution in [0.3, 0.4) is 0 Å². The molecule has 0 aliphatic heterocycles. The maximum Gasteiger partial charge on any atom is 0.313 e. The lowest BCUT2D eigenvalue weighted by molar-refractivity contribution is -0.147. The van der Waals surface area contributed by atoms with E-state index >= 15 is 0 Å². The molecule has 0 spiro atoms. The molecule has 274 valence electrons. The van der Waals surface area contributed by atoms with Gasteiger partial charge in [-0.1, -0.05) is 128 Å². The normalized spacial score (nSPS) is 32.4. The zero-order chi connectivity index (χ0) is 35.3. The quantitative estimate of drug-likeness (QED) is 0.110. The Labute approximate surface area is 309 Å². The summed E-state index contributed by atoms with van der Waals surface area (Å²) in [5.74, 6) is 5.81. The van der Waals surface area contributed by atoms with Gasteiger partial charge in [0.05, 0.1) is 12.5 Å². The van der Waals surface area contributed by atoms with E-state index in [1.54, 1.807) is 0 Å². The van der Waals surface area contributed by atoms with Gasteiger partial charge in [0, 0.05) is 0 Å². The summed E-state index contributed by atoms with van der Waals surface area (Å²) >= 11 is 0. The molecule has 0 aromatic heterocycles. The maximum absolute atomic E-state index is 13.9. The molecule has 4 fully saturated rings. The van der Waals surface area contributed by atoms with E-state index in [1.807, 2.05) is 0 Å². The summed E-state index contributed by atoms with van der Waals surface area (Å²) in [5, 5.41) is 7.60. The van der Waals surface area contributed by atoms with Gasteiger partial charge in [-0.05, 0) is 154 Å². The second kappa shape index (κ2) is 14.3. The molecule has 0 N–H and O–H groups in total. The fourth-order valence-electron chi connectivity index (χ4n) is 13.5. The van der Waals surface area contributed by atoms with Gasteiger partial charge in [-0.15, -0.1) is 0 Å². The first-order chi connectivity index (χ1) is 24.7. The van der Waals surface area contributed by atoms with Crippen LogP contribution >= 0.6 is 0 Å². The third-order valence-electron chi connectivity index (χ3n) is 16.3. The Morgan fingerprint density at radius 1 is 0.745 bits per heavy atom. The van der Waals surface area contributed by atoms with Gasteiger partial charge in [-0.2, -0.15) is 0 Å². The van der Waals surface area contributed by atoms with Crippen molar-refractivity contribution < 1.29 is 9.53 Å². The molecule has 2 nitrogen and oxygen atoms in total. The molecular weight excluding hydrogens is 621 g/mol. The van der Waals surface area contributed by atoms with Crippen LogP contribution in [0, 0.1) is 52.3 Å². The van der Waals surface area contributed by atoms with Crippen LogP contribution in [0.2, 0.25) is 0 Å². The number of benzene rings is 4. The van der Waals surface area contributed by atoms with Crippen LogP contribution in [0.5, 0.6) is 0 Å². The van der Waals surface area contributed by atoms with Gasteiger partial charge >= 0.3 is 5.97 Å². The van der Waals surface area contributed by atoms with Gasteiger partial charge in [0.2, 0.25) is 0 Å². The molecular formula is C49H66O2. The lowest BCUT2D eigenvalue weighted by atomic mass is 9.44. The molecule has 4 aromatic carbocycles. The molecule has 0 amide bonds. The summed E-state index contributed by atoms with van der Waals surface area (Å²) in [6.45, 7) is 13.1. The number of carbonyl (C=O) groups is 1. The third-order valence-corrected chi connectivity index (χ3v) is 16.3. The minimum absolute atomic E-state index is 0.0321. The molecule has 10 atom stereocenters. The van der Waals surface area contributed by atoms with E-state index in [9.17, 15) is 4.79 Å². The zero-order valence-electron chi connectivity index (χ0n) is 32.7. The summed E-state index contributed by atoms with van der Waals surface area (Å²) < 4.78 is 6.21. The number of ether oxygens (including phenoxy) is 1. The standard InChI is InChI=1S/C49H66O2/c1-6-7-17-40(38-23-20-36-19-18-34-14-11-15-35-21-24-39(38)46(36)45(34)35)47(50)51-31-32(2)12-10-13-33(3)42-26-27-43-41-25-22-37-16-8-9-29-48(37,4)44(41)28-30-49(42,43)5/h11,14-15,18-21,23-24,32-33,37,40-44H,6-10,12-13,16-17,22,25-31H2,1-5H3/t32?,33-,37?,40?,41+,42-,43+,44+,48+,49-/m1/s1. The first kappa shape index (κ1) is 35.4. The Morgan fingerprint density at radius 2 is 1.49 bits per heavy atom. The zero-order valence-corrected chi connectivity index (χ0v) is 32.7. The molecule has 2 heteroatoms. The van der Waals surface area contributed by atoms with Gasteiger partial charge in [0.25, 0.3) is 0 Å². The Morgan fingerprint density at radius 3 is 2.29 bits per heavy atom. The van der Waals surface area contributed by atoms with Crippen molar-refractivity contribution in [1.29, 1.82) is 0 Å². The van der Waals surface area contributed by atoms with Crippen molar-refractivity contribution >= 4 is 38.3 Å². The minimum atomic E-state index is -0.219. The molecule has 0 radical (unpaired) electrons. The number of hydrogen-bond acceptors (Lipinski definition) is 2. The molecule has 4 aromatic rings. The largest absolute Gasteiger partial charge is 0.465 e. The second-order valence-corrected chi connectivity index (χ2v) is 19.0.